The van der Waals surface area contributed by atoms with Crippen LogP contribution in [0, 0.1) is 0 Å². The number of ether oxygens (including phenoxy) is 3. The first kappa shape index (κ1) is 19.6. The van der Waals surface area contributed by atoms with E-state index in [1.807, 2.05) is 36.4 Å². The Morgan fingerprint density at radius 2 is 1.72 bits per heavy atom. The molecule has 0 saturated carbocycles. The zero-order valence-electron chi connectivity index (χ0n) is 16.6. The van der Waals surface area contributed by atoms with Crippen LogP contribution in [-0.2, 0) is 13.0 Å². The van der Waals surface area contributed by atoms with Crippen LogP contribution in [0.5, 0.6) is 17.2 Å². The van der Waals surface area contributed by atoms with E-state index >= 15 is 0 Å². The summed E-state index contributed by atoms with van der Waals surface area (Å²) in [5, 5.41) is 4.16. The van der Waals surface area contributed by atoms with E-state index in [1.165, 1.54) is 11.1 Å². The average Bonchev–Trinajstić information content (AvgIpc) is 2.77. The lowest BCUT2D eigenvalue weighted by Gasteiger charge is -2.29. The third kappa shape index (κ3) is 4.19. The molecule has 0 spiro atoms. The van der Waals surface area contributed by atoms with E-state index in [0.29, 0.717) is 17.4 Å². The van der Waals surface area contributed by atoms with Crippen molar-refractivity contribution in [2.24, 2.45) is 0 Å². The Kier molecular flexibility index (Phi) is 5.93. The van der Waals surface area contributed by atoms with E-state index in [1.54, 1.807) is 14.2 Å². The summed E-state index contributed by atoms with van der Waals surface area (Å²) in [5.41, 5.74) is 4.63. The molecule has 1 aliphatic rings. The molecule has 0 aromatic heterocycles. The van der Waals surface area contributed by atoms with Crippen molar-refractivity contribution in [1.82, 2.24) is 5.32 Å². The number of halogens is 1. The summed E-state index contributed by atoms with van der Waals surface area (Å²) >= 11 is 6.40. The summed E-state index contributed by atoms with van der Waals surface area (Å²) in [4.78, 5) is 0. The Balaban J connectivity index is 1.61. The fraction of sp³-hybridized carbons (Fsp3) is 0.250. The second kappa shape index (κ2) is 8.76. The number of fused-ring (bicyclic) bond motifs is 1. The highest BCUT2D eigenvalue weighted by molar-refractivity contribution is 6.32. The number of hydrogen-bond acceptors (Lipinski definition) is 4. The van der Waals surface area contributed by atoms with Gasteiger partial charge in [-0.25, -0.2) is 0 Å². The molecule has 0 bridgehead atoms. The topological polar surface area (TPSA) is 39.7 Å². The van der Waals surface area contributed by atoms with Crippen LogP contribution < -0.4 is 19.5 Å². The average molecular weight is 410 g/mol. The number of methoxy groups -OCH3 is 2. The van der Waals surface area contributed by atoms with Crippen LogP contribution in [0.2, 0.25) is 5.02 Å². The highest BCUT2D eigenvalue weighted by Crippen LogP contribution is 2.40. The lowest BCUT2D eigenvalue weighted by molar-refractivity contribution is 0.305. The molecular formula is C24H24ClNO3. The summed E-state index contributed by atoms with van der Waals surface area (Å²) in [6.45, 7) is 1.43. The predicted molar refractivity (Wildman–Crippen MR) is 115 cm³/mol. The van der Waals surface area contributed by atoms with Gasteiger partial charge in [0, 0.05) is 18.2 Å². The molecule has 3 aromatic rings. The van der Waals surface area contributed by atoms with Gasteiger partial charge >= 0.3 is 0 Å². The molecular weight excluding hydrogens is 386 g/mol. The van der Waals surface area contributed by atoms with E-state index in [0.717, 1.165) is 35.6 Å². The Morgan fingerprint density at radius 1 is 0.931 bits per heavy atom. The summed E-state index contributed by atoms with van der Waals surface area (Å²) in [7, 11) is 3.27. The zero-order valence-corrected chi connectivity index (χ0v) is 17.3. The third-order valence-corrected chi connectivity index (χ3v) is 5.53. The highest BCUT2D eigenvalue weighted by Gasteiger charge is 2.25. The fourth-order valence-corrected chi connectivity index (χ4v) is 4.01. The quantitative estimate of drug-likeness (QED) is 0.609. The summed E-state index contributed by atoms with van der Waals surface area (Å²) in [6, 6.07) is 20.2. The second-order valence-corrected chi connectivity index (χ2v) is 7.41. The van der Waals surface area contributed by atoms with Crippen molar-refractivity contribution < 1.29 is 14.2 Å². The SMILES string of the molecule is COc1cc(OC)c(C2NCCc3cc(OCc4ccccc4)ccc32)cc1Cl. The molecule has 1 atom stereocenters. The Morgan fingerprint density at radius 3 is 2.48 bits per heavy atom. The Bertz CT molecular complexity index is 991. The van der Waals surface area contributed by atoms with E-state index < -0.39 is 0 Å². The summed E-state index contributed by atoms with van der Waals surface area (Å²) < 4.78 is 17.0. The van der Waals surface area contributed by atoms with Crippen molar-refractivity contribution >= 4 is 11.6 Å². The monoisotopic (exact) mass is 409 g/mol. The molecule has 1 heterocycles. The number of rotatable bonds is 6. The minimum absolute atomic E-state index is 0.000259. The molecule has 1 N–H and O–H groups in total. The van der Waals surface area contributed by atoms with Crippen molar-refractivity contribution in [2.45, 2.75) is 19.1 Å². The number of benzene rings is 3. The van der Waals surface area contributed by atoms with Gasteiger partial charge in [-0.2, -0.15) is 0 Å². The molecule has 0 aliphatic carbocycles. The Hall–Kier alpha value is -2.69. The van der Waals surface area contributed by atoms with Crippen LogP contribution in [0.3, 0.4) is 0 Å². The molecule has 4 nitrogen and oxygen atoms in total. The number of hydrogen-bond donors (Lipinski definition) is 1. The zero-order chi connectivity index (χ0) is 20.2. The molecule has 3 aromatic carbocycles. The molecule has 4 rings (SSSR count). The van der Waals surface area contributed by atoms with Gasteiger partial charge in [0.15, 0.2) is 0 Å². The maximum Gasteiger partial charge on any atom is 0.141 e. The summed E-state index contributed by atoms with van der Waals surface area (Å²) in [5.74, 6) is 2.24. The van der Waals surface area contributed by atoms with E-state index in [4.69, 9.17) is 25.8 Å². The van der Waals surface area contributed by atoms with Gasteiger partial charge < -0.3 is 19.5 Å². The van der Waals surface area contributed by atoms with E-state index in [9.17, 15) is 0 Å². The minimum atomic E-state index is 0.000259. The first-order valence-electron chi connectivity index (χ1n) is 9.64. The molecule has 1 aliphatic heterocycles. The molecule has 5 heteroatoms. The van der Waals surface area contributed by atoms with Crippen LogP contribution in [0.25, 0.3) is 0 Å². The van der Waals surface area contributed by atoms with Crippen LogP contribution in [0.15, 0.2) is 60.7 Å². The fourth-order valence-electron chi connectivity index (χ4n) is 3.76. The van der Waals surface area contributed by atoms with Gasteiger partial charge in [0.2, 0.25) is 0 Å². The van der Waals surface area contributed by atoms with E-state index in [2.05, 4.69) is 29.6 Å². The molecule has 0 fully saturated rings. The molecule has 0 amide bonds. The van der Waals surface area contributed by atoms with Gasteiger partial charge in [-0.1, -0.05) is 48.0 Å². The van der Waals surface area contributed by atoms with Crippen molar-refractivity contribution in [3.63, 3.8) is 0 Å². The second-order valence-electron chi connectivity index (χ2n) is 7.00. The minimum Gasteiger partial charge on any atom is -0.496 e. The largest absolute Gasteiger partial charge is 0.496 e. The van der Waals surface area contributed by atoms with Gasteiger partial charge in [0.05, 0.1) is 25.3 Å². The van der Waals surface area contributed by atoms with Gasteiger partial charge in [-0.05, 0) is 41.3 Å². The van der Waals surface area contributed by atoms with Gasteiger partial charge in [0.1, 0.15) is 23.9 Å². The predicted octanol–water partition coefficient (Wildman–Crippen LogP) is 5.17. The van der Waals surface area contributed by atoms with Crippen LogP contribution in [-0.4, -0.2) is 20.8 Å². The van der Waals surface area contributed by atoms with Crippen molar-refractivity contribution in [1.29, 1.82) is 0 Å². The van der Waals surface area contributed by atoms with Gasteiger partial charge in [0.25, 0.3) is 0 Å². The molecule has 150 valence electrons. The van der Waals surface area contributed by atoms with Crippen molar-refractivity contribution in [2.75, 3.05) is 20.8 Å². The van der Waals surface area contributed by atoms with Gasteiger partial charge in [-0.3, -0.25) is 0 Å². The van der Waals surface area contributed by atoms with E-state index in [-0.39, 0.29) is 6.04 Å². The molecule has 1 unspecified atom stereocenters. The maximum absolute atomic E-state index is 6.40. The lowest BCUT2D eigenvalue weighted by atomic mass is 9.89. The first-order valence-corrected chi connectivity index (χ1v) is 10.0. The van der Waals surface area contributed by atoms with Crippen molar-refractivity contribution in [3.8, 4) is 17.2 Å². The van der Waals surface area contributed by atoms with Crippen LogP contribution >= 0.6 is 11.6 Å². The Labute approximate surface area is 176 Å². The third-order valence-electron chi connectivity index (χ3n) is 5.23. The maximum atomic E-state index is 6.40. The lowest BCUT2D eigenvalue weighted by Crippen LogP contribution is -2.30. The van der Waals surface area contributed by atoms with Crippen LogP contribution in [0.1, 0.15) is 28.3 Å². The summed E-state index contributed by atoms with van der Waals surface area (Å²) in [6.07, 6.45) is 0.945. The van der Waals surface area contributed by atoms with Crippen LogP contribution in [0.4, 0.5) is 0 Å². The normalized spacial score (nSPS) is 15.5. The first-order chi connectivity index (χ1) is 14.2. The molecule has 0 saturated heterocycles. The number of nitrogens with one attached hydrogen (secondary N) is 1. The molecule has 29 heavy (non-hydrogen) atoms. The molecule has 0 radical (unpaired) electrons. The standard InChI is InChI=1S/C24H24ClNO3/c1-27-22-14-23(28-2)21(25)13-20(22)24-19-9-8-18(12-17(19)10-11-26-24)29-15-16-6-4-3-5-7-16/h3-9,12-14,24,26H,10-11,15H2,1-2H3. The smallest absolute Gasteiger partial charge is 0.141 e. The van der Waals surface area contributed by atoms with Gasteiger partial charge in [-0.15, -0.1) is 0 Å². The van der Waals surface area contributed by atoms with Crippen molar-refractivity contribution in [3.05, 3.63) is 87.9 Å². The highest BCUT2D eigenvalue weighted by atomic mass is 35.5.